The summed E-state index contributed by atoms with van der Waals surface area (Å²) in [6, 6.07) is 5.00. The Morgan fingerprint density at radius 2 is 1.55 bits per heavy atom. The number of carboxylic acids is 2. The molecule has 29 heavy (non-hydrogen) atoms. The van der Waals surface area contributed by atoms with Gasteiger partial charge in [0.05, 0.1) is 12.5 Å². The van der Waals surface area contributed by atoms with Crippen LogP contribution in [0.2, 0.25) is 0 Å². The minimum absolute atomic E-state index is 0.00819. The van der Waals surface area contributed by atoms with E-state index < -0.39 is 48.3 Å². The third kappa shape index (κ3) is 9.17. The summed E-state index contributed by atoms with van der Waals surface area (Å²) in [6.07, 6.45) is 0.925. The van der Waals surface area contributed by atoms with Gasteiger partial charge in [-0.1, -0.05) is 36.8 Å². The number of unbranched alkanes of at least 4 members (excludes halogenated alkanes) is 1. The molecule has 0 aliphatic heterocycles. The van der Waals surface area contributed by atoms with Gasteiger partial charge < -0.3 is 32.3 Å². The molecule has 1 rings (SSSR count). The van der Waals surface area contributed by atoms with Crippen LogP contribution in [-0.2, 0) is 25.6 Å². The van der Waals surface area contributed by atoms with Crippen molar-refractivity contribution in [3.05, 3.63) is 35.9 Å². The van der Waals surface area contributed by atoms with Crippen LogP contribution in [0.15, 0.2) is 30.3 Å². The number of nitrogens with two attached hydrogens (primary N) is 2. The van der Waals surface area contributed by atoms with Crippen LogP contribution in [0.5, 0.6) is 0 Å². The molecule has 2 amide bonds. The number of hydrogen-bond donors (Lipinski definition) is 6. The van der Waals surface area contributed by atoms with E-state index in [2.05, 4.69) is 10.6 Å². The van der Waals surface area contributed by atoms with Gasteiger partial charge in [0.2, 0.25) is 11.8 Å². The third-order valence-electron chi connectivity index (χ3n) is 4.21. The van der Waals surface area contributed by atoms with Crippen LogP contribution in [0, 0.1) is 0 Å². The van der Waals surface area contributed by atoms with Crippen LogP contribution in [0.4, 0.5) is 0 Å². The smallest absolute Gasteiger partial charge is 0.326 e. The van der Waals surface area contributed by atoms with E-state index in [1.54, 1.807) is 30.3 Å². The predicted octanol–water partition coefficient (Wildman–Crippen LogP) is -0.786. The van der Waals surface area contributed by atoms with E-state index in [-0.39, 0.29) is 6.42 Å². The Morgan fingerprint density at radius 1 is 0.931 bits per heavy atom. The van der Waals surface area contributed by atoms with Crippen LogP contribution in [0.1, 0.15) is 31.2 Å². The standard InChI is InChI=1S/C19H28N4O6/c20-9-5-4-8-13(21)17(26)22-14(11-16(24)25)18(27)23-15(19(28)29)10-12-6-2-1-3-7-12/h1-3,6-7,13-15H,4-5,8-11,20-21H2,(H,22,26)(H,23,27)(H,24,25)(H,28,29)/t13-,14-,15-/m0/s1. The van der Waals surface area contributed by atoms with Crippen molar-refractivity contribution in [2.24, 2.45) is 11.5 Å². The monoisotopic (exact) mass is 408 g/mol. The maximum absolute atomic E-state index is 12.5. The van der Waals surface area contributed by atoms with Crippen molar-refractivity contribution in [2.45, 2.75) is 50.2 Å². The molecule has 0 fully saturated rings. The van der Waals surface area contributed by atoms with E-state index in [0.29, 0.717) is 31.4 Å². The summed E-state index contributed by atoms with van der Waals surface area (Å²) in [4.78, 5) is 47.3. The second-order valence-corrected chi connectivity index (χ2v) is 6.64. The van der Waals surface area contributed by atoms with Crippen molar-refractivity contribution in [3.8, 4) is 0 Å². The molecule has 8 N–H and O–H groups in total. The summed E-state index contributed by atoms with van der Waals surface area (Å²) in [7, 11) is 0. The van der Waals surface area contributed by atoms with Gasteiger partial charge in [-0.2, -0.15) is 0 Å². The number of carbonyl (C=O) groups is 4. The number of nitrogens with one attached hydrogen (secondary N) is 2. The lowest BCUT2D eigenvalue weighted by Crippen LogP contribution is -2.55. The zero-order chi connectivity index (χ0) is 21.8. The summed E-state index contributed by atoms with van der Waals surface area (Å²) in [5, 5.41) is 23.0. The zero-order valence-electron chi connectivity index (χ0n) is 16.0. The van der Waals surface area contributed by atoms with Gasteiger partial charge in [0.1, 0.15) is 12.1 Å². The average Bonchev–Trinajstić information content (AvgIpc) is 2.67. The van der Waals surface area contributed by atoms with E-state index in [4.69, 9.17) is 16.6 Å². The van der Waals surface area contributed by atoms with Gasteiger partial charge in [-0.05, 0) is 24.9 Å². The van der Waals surface area contributed by atoms with E-state index in [0.717, 1.165) is 0 Å². The quantitative estimate of drug-likeness (QED) is 0.229. The summed E-state index contributed by atoms with van der Waals surface area (Å²) in [6.45, 7) is 0.455. The highest BCUT2D eigenvalue weighted by Crippen LogP contribution is 2.05. The molecule has 0 radical (unpaired) electrons. The normalized spacial score (nSPS) is 13.7. The first kappa shape index (κ1) is 24.1. The lowest BCUT2D eigenvalue weighted by atomic mass is 10.0. The molecular weight excluding hydrogens is 380 g/mol. The van der Waals surface area contributed by atoms with Crippen molar-refractivity contribution in [1.29, 1.82) is 0 Å². The summed E-state index contributed by atoms with van der Waals surface area (Å²) >= 11 is 0. The molecule has 0 aliphatic rings. The van der Waals surface area contributed by atoms with Gasteiger partial charge in [-0.3, -0.25) is 14.4 Å². The molecule has 0 unspecified atom stereocenters. The zero-order valence-corrected chi connectivity index (χ0v) is 16.0. The fraction of sp³-hybridized carbons (Fsp3) is 0.474. The predicted molar refractivity (Wildman–Crippen MR) is 105 cm³/mol. The molecule has 3 atom stereocenters. The van der Waals surface area contributed by atoms with Crippen molar-refractivity contribution in [3.63, 3.8) is 0 Å². The molecule has 1 aromatic carbocycles. The Bertz CT molecular complexity index is 697. The lowest BCUT2D eigenvalue weighted by molar-refractivity contribution is -0.143. The molecule has 0 aliphatic carbocycles. The Labute approximate surface area is 168 Å². The molecule has 0 spiro atoms. The third-order valence-corrected chi connectivity index (χ3v) is 4.21. The Morgan fingerprint density at radius 3 is 2.10 bits per heavy atom. The first-order valence-corrected chi connectivity index (χ1v) is 9.29. The molecular formula is C19H28N4O6. The van der Waals surface area contributed by atoms with Crippen LogP contribution in [-0.4, -0.2) is 58.6 Å². The highest BCUT2D eigenvalue weighted by molar-refractivity contribution is 5.93. The SMILES string of the molecule is NCCCC[C@H](N)C(=O)N[C@@H](CC(=O)O)C(=O)N[C@@H](Cc1ccccc1)C(=O)O. The number of amides is 2. The van der Waals surface area contributed by atoms with E-state index >= 15 is 0 Å². The van der Waals surface area contributed by atoms with E-state index in [1.807, 2.05) is 0 Å². The Kier molecular flexibility index (Phi) is 10.3. The molecule has 10 nitrogen and oxygen atoms in total. The largest absolute Gasteiger partial charge is 0.481 e. The molecule has 160 valence electrons. The number of hydrogen-bond acceptors (Lipinski definition) is 6. The van der Waals surface area contributed by atoms with Crippen molar-refractivity contribution in [2.75, 3.05) is 6.54 Å². The Balaban J connectivity index is 2.78. The van der Waals surface area contributed by atoms with Gasteiger partial charge in [0, 0.05) is 6.42 Å². The maximum atomic E-state index is 12.5. The van der Waals surface area contributed by atoms with Crippen LogP contribution in [0.3, 0.4) is 0 Å². The van der Waals surface area contributed by atoms with Crippen LogP contribution < -0.4 is 22.1 Å². The molecule has 0 heterocycles. The minimum Gasteiger partial charge on any atom is -0.481 e. The minimum atomic E-state index is -1.45. The second kappa shape index (κ2) is 12.5. The molecule has 0 bridgehead atoms. The fourth-order valence-corrected chi connectivity index (χ4v) is 2.62. The number of benzene rings is 1. The average molecular weight is 408 g/mol. The van der Waals surface area contributed by atoms with Crippen molar-refractivity contribution < 1.29 is 29.4 Å². The fourth-order valence-electron chi connectivity index (χ4n) is 2.62. The number of carbonyl (C=O) groups excluding carboxylic acids is 2. The van der Waals surface area contributed by atoms with Crippen molar-refractivity contribution in [1.82, 2.24) is 10.6 Å². The first-order chi connectivity index (χ1) is 13.7. The highest BCUT2D eigenvalue weighted by atomic mass is 16.4. The topological polar surface area (TPSA) is 185 Å². The Hall–Kier alpha value is -2.98. The summed E-state index contributed by atoms with van der Waals surface area (Å²) in [5.41, 5.74) is 11.8. The van der Waals surface area contributed by atoms with E-state index in [1.165, 1.54) is 0 Å². The van der Waals surface area contributed by atoms with Crippen LogP contribution >= 0.6 is 0 Å². The van der Waals surface area contributed by atoms with Gasteiger partial charge in [-0.15, -0.1) is 0 Å². The number of aliphatic carboxylic acids is 2. The van der Waals surface area contributed by atoms with Gasteiger partial charge in [-0.25, -0.2) is 4.79 Å². The molecule has 10 heteroatoms. The second-order valence-electron chi connectivity index (χ2n) is 6.64. The maximum Gasteiger partial charge on any atom is 0.326 e. The van der Waals surface area contributed by atoms with Crippen LogP contribution in [0.25, 0.3) is 0 Å². The summed E-state index contributed by atoms with van der Waals surface area (Å²) in [5.74, 6) is -4.19. The van der Waals surface area contributed by atoms with E-state index in [9.17, 15) is 24.3 Å². The van der Waals surface area contributed by atoms with Crippen molar-refractivity contribution >= 4 is 23.8 Å². The van der Waals surface area contributed by atoms with Gasteiger partial charge >= 0.3 is 11.9 Å². The molecule has 0 aromatic heterocycles. The number of rotatable bonds is 13. The number of carboxylic acid groups (broad SMARTS) is 2. The molecule has 0 saturated carbocycles. The van der Waals surface area contributed by atoms with Gasteiger partial charge in [0.25, 0.3) is 0 Å². The molecule has 1 aromatic rings. The first-order valence-electron chi connectivity index (χ1n) is 9.29. The van der Waals surface area contributed by atoms with Gasteiger partial charge in [0.15, 0.2) is 0 Å². The highest BCUT2D eigenvalue weighted by Gasteiger charge is 2.29. The lowest BCUT2D eigenvalue weighted by Gasteiger charge is -2.22. The molecule has 0 saturated heterocycles. The summed E-state index contributed by atoms with van der Waals surface area (Å²) < 4.78 is 0.